The van der Waals surface area contributed by atoms with Crippen LogP contribution in [0.2, 0.25) is 0 Å². The molecule has 0 spiro atoms. The summed E-state index contributed by atoms with van der Waals surface area (Å²) in [5.74, 6) is 2.86. The summed E-state index contributed by atoms with van der Waals surface area (Å²) in [6.07, 6.45) is 13.2. The highest BCUT2D eigenvalue weighted by Crippen LogP contribution is 2.34. The molecule has 4 rings (SSSR count). The molecule has 0 fully saturated rings. The molecule has 3 aliphatic rings. The highest BCUT2D eigenvalue weighted by atomic mass is 16.5. The maximum atomic E-state index is 5.99. The summed E-state index contributed by atoms with van der Waals surface area (Å²) < 4.78 is 5.99. The predicted octanol–water partition coefficient (Wildman–Crippen LogP) is 2.41. The van der Waals surface area contributed by atoms with Gasteiger partial charge in [-0.25, -0.2) is 0 Å². The zero-order valence-electron chi connectivity index (χ0n) is 9.91. The molecule has 0 saturated heterocycles. The molecule has 18 heavy (non-hydrogen) atoms. The van der Waals surface area contributed by atoms with Crippen molar-refractivity contribution in [3.05, 3.63) is 72.2 Å². The molecule has 1 aromatic rings. The molecule has 2 N–H and O–H groups in total. The molecule has 2 heteroatoms. The predicted molar refractivity (Wildman–Crippen MR) is 70.1 cm³/mol. The lowest BCUT2D eigenvalue weighted by molar-refractivity contribution is -0.522. The van der Waals surface area contributed by atoms with Crippen LogP contribution in [0.5, 0.6) is 5.75 Å². The lowest BCUT2D eigenvalue weighted by Crippen LogP contribution is -2.78. The molecule has 0 radical (unpaired) electrons. The number of para-hydroxylation sites is 2. The molecule has 2 aliphatic carbocycles. The molecule has 88 valence electrons. The van der Waals surface area contributed by atoms with Crippen molar-refractivity contribution in [2.24, 2.45) is 11.8 Å². The largest absolute Gasteiger partial charge is 0.445 e. The molecule has 1 aliphatic heterocycles. The molecule has 2 atom stereocenters. The summed E-state index contributed by atoms with van der Waals surface area (Å²) >= 11 is 0. The molecule has 1 heterocycles. The summed E-state index contributed by atoms with van der Waals surface area (Å²) in [5.41, 5.74) is 2.37. The summed E-state index contributed by atoms with van der Waals surface area (Å²) in [4.78, 5) is 0. The fourth-order valence-electron chi connectivity index (χ4n) is 2.73. The number of rotatable bonds is 0. The van der Waals surface area contributed by atoms with Crippen LogP contribution in [0.1, 0.15) is 0 Å². The Kier molecular flexibility index (Phi) is 2.05. The fraction of sp³-hybridized carbons (Fsp3) is 0.125. The average Bonchev–Trinajstić information content (AvgIpc) is 2.42. The zero-order valence-corrected chi connectivity index (χ0v) is 9.91. The summed E-state index contributed by atoms with van der Waals surface area (Å²) in [5, 5.41) is 2.22. The van der Waals surface area contributed by atoms with Crippen molar-refractivity contribution in [2.45, 2.75) is 0 Å². The van der Waals surface area contributed by atoms with Gasteiger partial charge < -0.3 is 4.74 Å². The number of ether oxygens (including phenoxy) is 1. The standard InChI is InChI=1S/C16H13NO/c1-2-6-12-10-16-14(9-11(12)5-1)17-13-7-3-4-8-15(13)18-16/h1-12,17H/p+1. The van der Waals surface area contributed by atoms with Crippen LogP contribution in [0.3, 0.4) is 0 Å². The van der Waals surface area contributed by atoms with Crippen molar-refractivity contribution in [1.29, 1.82) is 0 Å². The van der Waals surface area contributed by atoms with Gasteiger partial charge in [-0.05, 0) is 18.2 Å². The van der Waals surface area contributed by atoms with Crippen LogP contribution in [0.15, 0.2) is 72.2 Å². The van der Waals surface area contributed by atoms with Gasteiger partial charge in [-0.3, -0.25) is 5.32 Å². The first-order valence-corrected chi connectivity index (χ1v) is 6.31. The van der Waals surface area contributed by atoms with E-state index in [-0.39, 0.29) is 0 Å². The second kappa shape index (κ2) is 3.72. The van der Waals surface area contributed by atoms with E-state index in [1.807, 2.05) is 18.2 Å². The Morgan fingerprint density at radius 3 is 2.61 bits per heavy atom. The van der Waals surface area contributed by atoms with E-state index in [1.165, 1.54) is 5.70 Å². The van der Waals surface area contributed by atoms with Crippen LogP contribution >= 0.6 is 0 Å². The minimum Gasteiger partial charge on any atom is -0.445 e. The number of quaternary nitrogens is 1. The maximum absolute atomic E-state index is 5.99. The Balaban J connectivity index is 1.78. The quantitative estimate of drug-likeness (QED) is 0.688. The molecule has 0 saturated carbocycles. The number of hydrogen-bond acceptors (Lipinski definition) is 1. The lowest BCUT2D eigenvalue weighted by atomic mass is 9.83. The molecule has 0 amide bonds. The third kappa shape index (κ3) is 1.46. The van der Waals surface area contributed by atoms with E-state index < -0.39 is 0 Å². The Labute approximate surface area is 106 Å². The van der Waals surface area contributed by atoms with Crippen LogP contribution in [0.4, 0.5) is 5.69 Å². The van der Waals surface area contributed by atoms with E-state index in [4.69, 9.17) is 4.74 Å². The van der Waals surface area contributed by atoms with Gasteiger partial charge in [-0.2, -0.15) is 0 Å². The van der Waals surface area contributed by atoms with Gasteiger partial charge >= 0.3 is 0 Å². The Morgan fingerprint density at radius 2 is 1.72 bits per heavy atom. The van der Waals surface area contributed by atoms with E-state index in [0.29, 0.717) is 11.8 Å². The van der Waals surface area contributed by atoms with Gasteiger partial charge in [0.2, 0.25) is 0 Å². The molecule has 1 aromatic carbocycles. The van der Waals surface area contributed by atoms with Crippen molar-refractivity contribution >= 4 is 5.69 Å². The normalized spacial score (nSPS) is 27.3. The minimum atomic E-state index is 0.437. The Hall–Kier alpha value is -2.06. The van der Waals surface area contributed by atoms with Gasteiger partial charge in [0.05, 0.1) is 0 Å². The van der Waals surface area contributed by atoms with Crippen LogP contribution in [0.25, 0.3) is 0 Å². The third-order valence-corrected chi connectivity index (χ3v) is 3.67. The van der Waals surface area contributed by atoms with E-state index >= 15 is 0 Å². The molecule has 0 bridgehead atoms. The number of fused-ring (bicyclic) bond motifs is 3. The summed E-state index contributed by atoms with van der Waals surface area (Å²) in [7, 11) is 0. The molecule has 0 aromatic heterocycles. The topological polar surface area (TPSA) is 25.8 Å². The second-order valence-electron chi connectivity index (χ2n) is 4.86. The van der Waals surface area contributed by atoms with Crippen molar-refractivity contribution in [1.82, 2.24) is 0 Å². The van der Waals surface area contributed by atoms with Crippen LogP contribution in [0, 0.1) is 11.8 Å². The minimum absolute atomic E-state index is 0.437. The molecule has 2 unspecified atom stereocenters. The van der Waals surface area contributed by atoms with E-state index in [9.17, 15) is 0 Å². The lowest BCUT2D eigenvalue weighted by Gasteiger charge is -2.28. The number of allylic oxidation sites excluding steroid dienone is 6. The van der Waals surface area contributed by atoms with Gasteiger partial charge in [0, 0.05) is 17.9 Å². The zero-order chi connectivity index (χ0) is 11.9. The average molecular weight is 236 g/mol. The van der Waals surface area contributed by atoms with Gasteiger partial charge in [0.25, 0.3) is 0 Å². The van der Waals surface area contributed by atoms with Gasteiger partial charge in [-0.15, -0.1) is 0 Å². The maximum Gasteiger partial charge on any atom is 0.188 e. The van der Waals surface area contributed by atoms with Crippen molar-refractivity contribution in [2.75, 3.05) is 0 Å². The Morgan fingerprint density at radius 1 is 0.944 bits per heavy atom. The van der Waals surface area contributed by atoms with Crippen molar-refractivity contribution < 1.29 is 10.1 Å². The van der Waals surface area contributed by atoms with Crippen molar-refractivity contribution in [3.8, 4) is 5.75 Å². The second-order valence-corrected chi connectivity index (χ2v) is 4.86. The summed E-state index contributed by atoms with van der Waals surface area (Å²) in [6, 6.07) is 8.17. The van der Waals surface area contributed by atoms with Crippen LogP contribution in [-0.4, -0.2) is 0 Å². The smallest absolute Gasteiger partial charge is 0.188 e. The van der Waals surface area contributed by atoms with Gasteiger partial charge in [0.1, 0.15) is 0 Å². The van der Waals surface area contributed by atoms with E-state index in [1.54, 1.807) is 0 Å². The molecular formula is C16H14NO+. The first-order chi connectivity index (χ1) is 8.90. The van der Waals surface area contributed by atoms with E-state index in [0.717, 1.165) is 17.2 Å². The first kappa shape index (κ1) is 9.92. The third-order valence-electron chi connectivity index (χ3n) is 3.67. The fourth-order valence-corrected chi connectivity index (χ4v) is 2.73. The van der Waals surface area contributed by atoms with Crippen molar-refractivity contribution in [3.63, 3.8) is 0 Å². The number of hydrogen-bond donors (Lipinski definition) is 1. The first-order valence-electron chi connectivity index (χ1n) is 6.31. The van der Waals surface area contributed by atoms with E-state index in [2.05, 4.69) is 47.8 Å². The van der Waals surface area contributed by atoms with Crippen LogP contribution < -0.4 is 10.1 Å². The monoisotopic (exact) mass is 236 g/mol. The molecule has 2 nitrogen and oxygen atoms in total. The highest BCUT2D eigenvalue weighted by Gasteiger charge is 2.30. The highest BCUT2D eigenvalue weighted by molar-refractivity contribution is 5.51. The number of benzene rings is 1. The van der Waals surface area contributed by atoms with Gasteiger partial charge in [0.15, 0.2) is 22.9 Å². The number of nitrogens with two attached hydrogens (primary N) is 1. The Bertz CT molecular complexity index is 567. The SMILES string of the molecule is C1=CC2C=C3[NH2+]c4ccccc4OC3=CC2C=C1. The molecular weight excluding hydrogens is 222 g/mol. The van der Waals surface area contributed by atoms with Gasteiger partial charge in [-0.1, -0.05) is 36.4 Å². The summed E-state index contributed by atoms with van der Waals surface area (Å²) in [6.45, 7) is 0. The van der Waals surface area contributed by atoms with Crippen LogP contribution in [-0.2, 0) is 0 Å².